The second kappa shape index (κ2) is 12.8. The summed E-state index contributed by atoms with van der Waals surface area (Å²) in [6, 6.07) is 25.2. The van der Waals surface area contributed by atoms with Gasteiger partial charge in [0.1, 0.15) is 5.75 Å². The molecule has 0 spiro atoms. The molecule has 0 radical (unpaired) electrons. The predicted octanol–water partition coefficient (Wildman–Crippen LogP) is 5.07. The lowest BCUT2D eigenvalue weighted by molar-refractivity contribution is 0.0301. The van der Waals surface area contributed by atoms with E-state index in [9.17, 15) is 9.90 Å². The Morgan fingerprint density at radius 1 is 1.08 bits per heavy atom. The maximum atomic E-state index is 13.7. The highest BCUT2D eigenvalue weighted by Gasteiger charge is 2.52. The molecule has 0 aliphatic carbocycles. The molecular weight excluding hydrogens is 476 g/mol. The van der Waals surface area contributed by atoms with Crippen LogP contribution in [-0.4, -0.2) is 47.6 Å². The molecule has 38 heavy (non-hydrogen) atoms. The number of anilines is 1. The van der Waals surface area contributed by atoms with Gasteiger partial charge in [0.05, 0.1) is 12.1 Å². The van der Waals surface area contributed by atoms with E-state index in [1.54, 1.807) is 24.3 Å². The van der Waals surface area contributed by atoms with Gasteiger partial charge in [0.25, 0.3) is 5.91 Å². The molecule has 0 bridgehead atoms. The number of para-hydroxylation sites is 1. The number of nitrogens with zero attached hydrogens (tertiary/aromatic N) is 1. The van der Waals surface area contributed by atoms with E-state index in [1.165, 1.54) is 0 Å². The Morgan fingerprint density at radius 3 is 2.47 bits per heavy atom. The fraction of sp³-hybridized carbons (Fsp3) is 0.344. The van der Waals surface area contributed by atoms with Crippen molar-refractivity contribution >= 4 is 11.6 Å². The van der Waals surface area contributed by atoms with Crippen LogP contribution in [-0.2, 0) is 6.42 Å². The topological polar surface area (TPSA) is 82.0 Å². The van der Waals surface area contributed by atoms with Crippen LogP contribution in [0.3, 0.4) is 0 Å². The van der Waals surface area contributed by atoms with Gasteiger partial charge in [-0.15, -0.1) is 6.58 Å². The van der Waals surface area contributed by atoms with Crippen LogP contribution < -0.4 is 15.0 Å². The number of aliphatic hydroxyl groups excluding tert-OH is 2. The van der Waals surface area contributed by atoms with E-state index in [-0.39, 0.29) is 18.4 Å². The summed E-state index contributed by atoms with van der Waals surface area (Å²) in [5.41, 5.74) is 2.63. The molecule has 3 aromatic rings. The smallest absolute Gasteiger partial charge is 0.251 e. The molecule has 1 aliphatic heterocycles. The van der Waals surface area contributed by atoms with Crippen LogP contribution >= 0.6 is 0 Å². The Labute approximate surface area is 225 Å². The van der Waals surface area contributed by atoms with Crippen LogP contribution in [0.4, 0.5) is 5.69 Å². The normalized spacial score (nSPS) is 20.4. The average molecular weight is 515 g/mol. The van der Waals surface area contributed by atoms with Gasteiger partial charge >= 0.3 is 0 Å². The number of hydrogen-bond acceptors (Lipinski definition) is 5. The van der Waals surface area contributed by atoms with Gasteiger partial charge in [0.15, 0.2) is 6.23 Å². The van der Waals surface area contributed by atoms with Gasteiger partial charge in [0.2, 0.25) is 0 Å². The zero-order valence-electron chi connectivity index (χ0n) is 22.1. The molecule has 0 saturated heterocycles. The highest BCUT2D eigenvalue weighted by Crippen LogP contribution is 2.47. The molecule has 1 amide bonds. The zero-order chi connectivity index (χ0) is 27.0. The number of aryl methyl sites for hydroxylation is 1. The van der Waals surface area contributed by atoms with Gasteiger partial charge < -0.3 is 25.2 Å². The van der Waals surface area contributed by atoms with Gasteiger partial charge in [-0.1, -0.05) is 61.5 Å². The highest BCUT2D eigenvalue weighted by atomic mass is 16.5. The van der Waals surface area contributed by atoms with Crippen molar-refractivity contribution in [2.75, 3.05) is 24.7 Å². The number of benzene rings is 3. The van der Waals surface area contributed by atoms with Crippen molar-refractivity contribution in [3.8, 4) is 5.75 Å². The monoisotopic (exact) mass is 514 g/mol. The standard InChI is InChI=1S/C32H38N2O4/c1-3-21-34-29-14-9-8-13-27(29)28(4-2)32(31(34)37,20-19-24-11-6-5-7-12-24)33-30(36)25-15-17-26(18-16-25)38-23-10-22-35/h4-9,11-18,28,31,35,37H,2-3,10,19-23H2,1H3,(H,33,36)/t28-,31?,32-/m1/s1. The first-order chi connectivity index (χ1) is 18.5. The van der Waals surface area contributed by atoms with Gasteiger partial charge in [-0.3, -0.25) is 4.79 Å². The lowest BCUT2D eigenvalue weighted by atomic mass is 9.70. The molecule has 1 aliphatic rings. The lowest BCUT2D eigenvalue weighted by Gasteiger charge is -2.53. The van der Waals surface area contributed by atoms with Crippen molar-refractivity contribution in [3.63, 3.8) is 0 Å². The van der Waals surface area contributed by atoms with E-state index in [0.717, 1.165) is 23.2 Å². The molecule has 1 heterocycles. The Bertz CT molecular complexity index is 1200. The summed E-state index contributed by atoms with van der Waals surface area (Å²) < 4.78 is 5.62. The molecule has 1 unspecified atom stereocenters. The first-order valence-corrected chi connectivity index (χ1v) is 13.4. The molecule has 6 nitrogen and oxygen atoms in total. The molecule has 200 valence electrons. The number of amides is 1. The molecule has 0 saturated carbocycles. The van der Waals surface area contributed by atoms with E-state index in [1.807, 2.05) is 47.4 Å². The minimum Gasteiger partial charge on any atom is -0.494 e. The number of hydrogen-bond donors (Lipinski definition) is 3. The number of aliphatic hydroxyl groups is 2. The maximum absolute atomic E-state index is 13.7. The van der Waals surface area contributed by atoms with E-state index in [2.05, 4.69) is 37.0 Å². The van der Waals surface area contributed by atoms with Gasteiger partial charge in [0, 0.05) is 36.7 Å². The van der Waals surface area contributed by atoms with Crippen molar-refractivity contribution < 1.29 is 19.7 Å². The van der Waals surface area contributed by atoms with Crippen LogP contribution in [0.5, 0.6) is 5.75 Å². The molecule has 3 N–H and O–H groups in total. The van der Waals surface area contributed by atoms with Crippen molar-refractivity contribution in [1.29, 1.82) is 0 Å². The van der Waals surface area contributed by atoms with Crippen LogP contribution in [0.15, 0.2) is 91.5 Å². The van der Waals surface area contributed by atoms with E-state index >= 15 is 0 Å². The predicted molar refractivity (Wildman–Crippen MR) is 152 cm³/mol. The summed E-state index contributed by atoms with van der Waals surface area (Å²) in [5.74, 6) is 0.0794. The highest BCUT2D eigenvalue weighted by molar-refractivity contribution is 5.95. The summed E-state index contributed by atoms with van der Waals surface area (Å²) in [6.45, 7) is 7.37. The molecule has 3 aromatic carbocycles. The number of carbonyl (C=O) groups excluding carboxylic acids is 1. The summed E-state index contributed by atoms with van der Waals surface area (Å²) in [5, 5.41) is 24.3. The Kier molecular flexibility index (Phi) is 9.21. The average Bonchev–Trinajstić information content (AvgIpc) is 2.95. The number of nitrogens with one attached hydrogen (secondary N) is 1. The third kappa shape index (κ3) is 5.77. The third-order valence-electron chi connectivity index (χ3n) is 7.30. The van der Waals surface area contributed by atoms with Gasteiger partial charge in [-0.05, 0) is 60.7 Å². The van der Waals surface area contributed by atoms with Crippen molar-refractivity contribution in [2.24, 2.45) is 0 Å². The minimum absolute atomic E-state index is 0.0660. The van der Waals surface area contributed by atoms with Crippen molar-refractivity contribution in [3.05, 3.63) is 108 Å². The largest absolute Gasteiger partial charge is 0.494 e. The molecule has 6 heteroatoms. The van der Waals surface area contributed by atoms with Gasteiger partial charge in [-0.2, -0.15) is 0 Å². The lowest BCUT2D eigenvalue weighted by Crippen LogP contribution is -2.68. The molecule has 3 atom stereocenters. The second-order valence-corrected chi connectivity index (χ2v) is 9.77. The Morgan fingerprint density at radius 2 is 1.79 bits per heavy atom. The Balaban J connectivity index is 1.71. The second-order valence-electron chi connectivity index (χ2n) is 9.77. The molecular formula is C32H38N2O4. The van der Waals surface area contributed by atoms with Crippen molar-refractivity contribution in [2.45, 2.75) is 50.3 Å². The molecule has 4 rings (SSSR count). The van der Waals surface area contributed by atoms with Crippen molar-refractivity contribution in [1.82, 2.24) is 5.32 Å². The number of fused-ring (bicyclic) bond motifs is 1. The van der Waals surface area contributed by atoms with E-state index < -0.39 is 11.8 Å². The summed E-state index contributed by atoms with van der Waals surface area (Å²) in [6.07, 6.45) is 3.51. The van der Waals surface area contributed by atoms with E-state index in [4.69, 9.17) is 9.84 Å². The van der Waals surface area contributed by atoms with Crippen LogP contribution in [0.1, 0.15) is 53.6 Å². The fourth-order valence-corrected chi connectivity index (χ4v) is 5.41. The first-order valence-electron chi connectivity index (χ1n) is 13.4. The maximum Gasteiger partial charge on any atom is 0.251 e. The SMILES string of the molecule is C=C[C@@H]1c2ccccc2N(CCC)C(O)[C@]1(CCc1ccccc1)NC(=O)c1ccc(OCCCO)cc1. The fourth-order valence-electron chi connectivity index (χ4n) is 5.41. The Hall–Kier alpha value is -3.61. The van der Waals surface area contributed by atoms with E-state index in [0.29, 0.717) is 43.7 Å². The minimum atomic E-state index is -1.01. The number of carbonyl (C=O) groups is 1. The first kappa shape index (κ1) is 27.4. The van der Waals surface area contributed by atoms with Crippen LogP contribution in [0.25, 0.3) is 0 Å². The summed E-state index contributed by atoms with van der Waals surface area (Å²) >= 11 is 0. The number of ether oxygens (including phenoxy) is 1. The molecule has 0 fully saturated rings. The summed E-state index contributed by atoms with van der Waals surface area (Å²) in [7, 11) is 0. The summed E-state index contributed by atoms with van der Waals surface area (Å²) in [4.78, 5) is 15.7. The van der Waals surface area contributed by atoms with Crippen LogP contribution in [0, 0.1) is 0 Å². The van der Waals surface area contributed by atoms with Crippen LogP contribution in [0.2, 0.25) is 0 Å². The third-order valence-corrected chi connectivity index (χ3v) is 7.30. The van der Waals surface area contributed by atoms with Gasteiger partial charge in [-0.25, -0.2) is 0 Å². The number of rotatable bonds is 12. The quantitative estimate of drug-likeness (QED) is 0.232. The molecule has 0 aromatic heterocycles. The zero-order valence-corrected chi connectivity index (χ0v) is 22.1.